The van der Waals surface area contributed by atoms with E-state index in [0.717, 1.165) is 0 Å². The monoisotopic (exact) mass is 171 g/mol. The zero-order chi connectivity index (χ0) is 9.56. The highest BCUT2D eigenvalue weighted by Gasteiger charge is 2.09. The molecular weight excluding hydrogens is 162 g/mol. The molecule has 0 heterocycles. The van der Waals surface area contributed by atoms with E-state index in [1.807, 2.05) is 0 Å². The number of carboxylic acids is 1. The van der Waals surface area contributed by atoms with Crippen molar-refractivity contribution in [3.8, 4) is 0 Å². The van der Waals surface area contributed by atoms with Gasteiger partial charge in [0.1, 0.15) is 6.29 Å². The van der Waals surface area contributed by atoms with Gasteiger partial charge in [0.15, 0.2) is 0 Å². The topological polar surface area (TPSA) is 83.5 Å². The van der Waals surface area contributed by atoms with E-state index in [1.54, 1.807) is 0 Å². The Bertz CT molecular complexity index is 221. The summed E-state index contributed by atoms with van der Waals surface area (Å²) in [4.78, 5) is 30.7. The standard InChI is InChI=1S/C7H9NO4/c1-5(4-6(10)11)7(12)8-2-3-9/h3H,1-2,4H2,(H,8,12)(H,10,11). The molecule has 0 bridgehead atoms. The average molecular weight is 171 g/mol. The van der Waals surface area contributed by atoms with Crippen LogP contribution >= 0.6 is 0 Å². The molecule has 2 N–H and O–H groups in total. The summed E-state index contributed by atoms with van der Waals surface area (Å²) in [6.07, 6.45) is 0.0939. The summed E-state index contributed by atoms with van der Waals surface area (Å²) in [5.74, 6) is -1.73. The van der Waals surface area contributed by atoms with Gasteiger partial charge >= 0.3 is 5.97 Å². The Morgan fingerprint density at radius 2 is 2.08 bits per heavy atom. The number of aliphatic carboxylic acids is 1. The summed E-state index contributed by atoms with van der Waals surface area (Å²) < 4.78 is 0. The number of carboxylic acid groups (broad SMARTS) is 1. The van der Waals surface area contributed by atoms with E-state index in [4.69, 9.17) is 5.11 Å². The molecule has 0 aromatic rings. The lowest BCUT2D eigenvalue weighted by molar-refractivity contribution is -0.137. The number of hydrogen-bond donors (Lipinski definition) is 2. The van der Waals surface area contributed by atoms with Crippen LogP contribution in [0.15, 0.2) is 12.2 Å². The highest BCUT2D eigenvalue weighted by Crippen LogP contribution is 1.96. The highest BCUT2D eigenvalue weighted by molar-refractivity contribution is 5.97. The van der Waals surface area contributed by atoms with Crippen molar-refractivity contribution in [2.45, 2.75) is 6.42 Å². The Morgan fingerprint density at radius 1 is 1.50 bits per heavy atom. The van der Waals surface area contributed by atoms with Crippen molar-refractivity contribution in [1.82, 2.24) is 5.32 Å². The Morgan fingerprint density at radius 3 is 2.50 bits per heavy atom. The Balaban J connectivity index is 3.85. The van der Waals surface area contributed by atoms with E-state index in [0.29, 0.717) is 6.29 Å². The van der Waals surface area contributed by atoms with Crippen molar-refractivity contribution in [1.29, 1.82) is 0 Å². The molecule has 0 saturated carbocycles. The van der Waals surface area contributed by atoms with Gasteiger partial charge in [0.05, 0.1) is 13.0 Å². The van der Waals surface area contributed by atoms with Crippen LogP contribution in [-0.4, -0.2) is 29.8 Å². The highest BCUT2D eigenvalue weighted by atomic mass is 16.4. The van der Waals surface area contributed by atoms with Crippen LogP contribution in [-0.2, 0) is 14.4 Å². The van der Waals surface area contributed by atoms with Crippen molar-refractivity contribution >= 4 is 18.2 Å². The summed E-state index contributed by atoms with van der Waals surface area (Å²) in [5.41, 5.74) is -0.0654. The summed E-state index contributed by atoms with van der Waals surface area (Å²) in [5, 5.41) is 10.4. The maximum atomic E-state index is 10.8. The lowest BCUT2D eigenvalue weighted by atomic mass is 10.2. The molecule has 0 aliphatic carbocycles. The van der Waals surface area contributed by atoms with E-state index in [-0.39, 0.29) is 12.1 Å². The molecule has 12 heavy (non-hydrogen) atoms. The third-order valence-electron chi connectivity index (χ3n) is 1.03. The van der Waals surface area contributed by atoms with E-state index in [2.05, 4.69) is 11.9 Å². The van der Waals surface area contributed by atoms with Gasteiger partial charge < -0.3 is 15.2 Å². The number of carbonyl (C=O) groups is 3. The fourth-order valence-corrected chi connectivity index (χ4v) is 0.522. The van der Waals surface area contributed by atoms with Gasteiger partial charge in [0.2, 0.25) is 5.91 Å². The second-order valence-electron chi connectivity index (χ2n) is 2.05. The molecule has 5 nitrogen and oxygen atoms in total. The molecule has 0 aromatic carbocycles. The minimum absolute atomic E-state index is 0.0654. The van der Waals surface area contributed by atoms with E-state index < -0.39 is 18.3 Å². The molecule has 0 aliphatic heterocycles. The van der Waals surface area contributed by atoms with Crippen molar-refractivity contribution in [3.63, 3.8) is 0 Å². The van der Waals surface area contributed by atoms with Gasteiger partial charge in [-0.1, -0.05) is 6.58 Å². The lowest BCUT2D eigenvalue weighted by Gasteiger charge is -2.00. The van der Waals surface area contributed by atoms with Crippen LogP contribution in [0.25, 0.3) is 0 Å². The van der Waals surface area contributed by atoms with Crippen molar-refractivity contribution in [2.75, 3.05) is 6.54 Å². The van der Waals surface area contributed by atoms with Crippen LogP contribution < -0.4 is 5.32 Å². The molecule has 0 saturated heterocycles. The van der Waals surface area contributed by atoms with E-state index in [1.165, 1.54) is 0 Å². The third-order valence-corrected chi connectivity index (χ3v) is 1.03. The van der Waals surface area contributed by atoms with Crippen LogP contribution in [0, 0.1) is 0 Å². The first-order valence-corrected chi connectivity index (χ1v) is 3.19. The molecule has 0 spiro atoms. The van der Waals surface area contributed by atoms with Gasteiger partial charge in [-0.25, -0.2) is 0 Å². The Kier molecular flexibility index (Phi) is 4.36. The average Bonchev–Trinajstić information content (AvgIpc) is 1.98. The van der Waals surface area contributed by atoms with Crippen LogP contribution in [0.5, 0.6) is 0 Å². The minimum Gasteiger partial charge on any atom is -0.481 e. The number of amides is 1. The molecule has 0 radical (unpaired) electrons. The van der Waals surface area contributed by atoms with Crippen LogP contribution in [0.4, 0.5) is 0 Å². The van der Waals surface area contributed by atoms with Crippen molar-refractivity contribution in [3.05, 3.63) is 12.2 Å². The fraction of sp³-hybridized carbons (Fsp3) is 0.286. The molecule has 0 aromatic heterocycles. The maximum Gasteiger partial charge on any atom is 0.308 e. The zero-order valence-electron chi connectivity index (χ0n) is 6.37. The summed E-state index contributed by atoms with van der Waals surface area (Å²) >= 11 is 0. The number of aldehydes is 1. The number of hydrogen-bond acceptors (Lipinski definition) is 3. The van der Waals surface area contributed by atoms with Crippen molar-refractivity contribution in [2.24, 2.45) is 0 Å². The lowest BCUT2D eigenvalue weighted by Crippen LogP contribution is -2.27. The molecule has 5 heteroatoms. The third kappa shape index (κ3) is 4.21. The molecule has 0 aliphatic rings. The molecule has 66 valence electrons. The predicted octanol–water partition coefficient (Wildman–Crippen LogP) is -0.668. The van der Waals surface area contributed by atoms with Crippen molar-refractivity contribution < 1.29 is 19.5 Å². The quantitative estimate of drug-likeness (QED) is 0.424. The van der Waals surface area contributed by atoms with Gasteiger partial charge in [-0.3, -0.25) is 9.59 Å². The molecule has 0 atom stereocenters. The number of nitrogens with one attached hydrogen (secondary N) is 1. The Hall–Kier alpha value is -1.65. The predicted molar refractivity (Wildman–Crippen MR) is 40.5 cm³/mol. The second kappa shape index (κ2) is 5.06. The van der Waals surface area contributed by atoms with Crippen LogP contribution in [0.1, 0.15) is 6.42 Å². The molecule has 0 fully saturated rings. The number of carbonyl (C=O) groups excluding carboxylic acids is 2. The summed E-state index contributed by atoms with van der Waals surface area (Å²) in [6, 6.07) is 0. The van der Waals surface area contributed by atoms with E-state index in [9.17, 15) is 14.4 Å². The van der Waals surface area contributed by atoms with Crippen LogP contribution in [0.2, 0.25) is 0 Å². The largest absolute Gasteiger partial charge is 0.481 e. The van der Waals surface area contributed by atoms with Gasteiger partial charge in [0.25, 0.3) is 0 Å². The number of rotatable bonds is 5. The van der Waals surface area contributed by atoms with E-state index >= 15 is 0 Å². The first kappa shape index (κ1) is 10.3. The first-order chi connectivity index (χ1) is 5.57. The minimum atomic E-state index is -1.12. The SMILES string of the molecule is C=C(CC(=O)O)C(=O)NCC=O. The van der Waals surface area contributed by atoms with Gasteiger partial charge in [-0.2, -0.15) is 0 Å². The fourth-order valence-electron chi connectivity index (χ4n) is 0.522. The normalized spacial score (nSPS) is 8.67. The molecular formula is C7H9NO4. The summed E-state index contributed by atoms with van der Waals surface area (Å²) in [7, 11) is 0. The zero-order valence-corrected chi connectivity index (χ0v) is 6.37. The summed E-state index contributed by atoms with van der Waals surface area (Å²) in [6.45, 7) is 3.11. The van der Waals surface area contributed by atoms with Gasteiger partial charge in [0, 0.05) is 5.57 Å². The Labute approximate surface area is 69.1 Å². The van der Waals surface area contributed by atoms with Gasteiger partial charge in [-0.05, 0) is 0 Å². The molecule has 0 unspecified atom stereocenters. The molecule has 1 amide bonds. The smallest absolute Gasteiger partial charge is 0.308 e. The molecule has 0 rings (SSSR count). The van der Waals surface area contributed by atoms with Crippen LogP contribution in [0.3, 0.4) is 0 Å². The van der Waals surface area contributed by atoms with Gasteiger partial charge in [-0.15, -0.1) is 0 Å². The second-order valence-corrected chi connectivity index (χ2v) is 2.05. The first-order valence-electron chi connectivity index (χ1n) is 3.19. The maximum absolute atomic E-state index is 10.8.